The van der Waals surface area contributed by atoms with Crippen LogP contribution in [0.1, 0.15) is 12.6 Å². The van der Waals surface area contributed by atoms with Crippen molar-refractivity contribution in [1.82, 2.24) is 15.0 Å². The number of aliphatic imine (C=N–C) groups is 1. The fourth-order valence-electron chi connectivity index (χ4n) is 1.84. The molecule has 2 aromatic heterocycles. The first-order valence-electron chi connectivity index (χ1n) is 5.93. The lowest BCUT2D eigenvalue weighted by Crippen LogP contribution is -2.20. The lowest BCUT2D eigenvalue weighted by atomic mass is 10.1. The average Bonchev–Trinajstić information content (AvgIpc) is 2.84. The zero-order valence-corrected chi connectivity index (χ0v) is 11.2. The van der Waals surface area contributed by atoms with Crippen molar-refractivity contribution in [1.29, 1.82) is 0 Å². The van der Waals surface area contributed by atoms with Gasteiger partial charge in [-0.2, -0.15) is 0 Å². The van der Waals surface area contributed by atoms with Gasteiger partial charge in [0.15, 0.2) is 5.50 Å². The Balaban J connectivity index is 1.73. The van der Waals surface area contributed by atoms with E-state index in [1.54, 1.807) is 36.4 Å². The van der Waals surface area contributed by atoms with Gasteiger partial charge in [-0.15, -0.1) is 0 Å². The van der Waals surface area contributed by atoms with E-state index in [0.717, 1.165) is 5.69 Å². The molecule has 1 aliphatic rings. The summed E-state index contributed by atoms with van der Waals surface area (Å²) in [5, 5.41) is 3.18. The maximum absolute atomic E-state index is 4.47. The molecule has 2 unspecified atom stereocenters. The summed E-state index contributed by atoms with van der Waals surface area (Å²) in [6, 6.07) is 7.70. The van der Waals surface area contributed by atoms with Crippen LogP contribution in [-0.2, 0) is 4.75 Å². The van der Waals surface area contributed by atoms with Crippen molar-refractivity contribution in [2.24, 2.45) is 4.99 Å². The van der Waals surface area contributed by atoms with Crippen LogP contribution in [0.4, 0.5) is 5.95 Å². The van der Waals surface area contributed by atoms with Gasteiger partial charge in [-0.05, 0) is 25.1 Å². The number of nitrogens with zero attached hydrogens (tertiary/aromatic N) is 4. The standard InChI is InChI=1S/C13H13N5S/c1-13(10-5-2-3-6-14-10)9-17-12(19-13)18-11-15-7-4-8-16-11/h2-9,12H,1H3,(H,15,16,18). The highest BCUT2D eigenvalue weighted by molar-refractivity contribution is 8.01. The third-order valence-corrected chi connectivity index (χ3v) is 4.07. The summed E-state index contributed by atoms with van der Waals surface area (Å²) in [7, 11) is 0. The predicted molar refractivity (Wildman–Crippen MR) is 77.1 cm³/mol. The minimum atomic E-state index is -0.215. The molecule has 0 amide bonds. The maximum atomic E-state index is 4.47. The SMILES string of the molecule is CC1(c2ccccn2)C=NC(Nc2ncccn2)S1. The van der Waals surface area contributed by atoms with Crippen molar-refractivity contribution in [2.75, 3.05) is 5.32 Å². The first-order chi connectivity index (χ1) is 9.26. The van der Waals surface area contributed by atoms with Crippen molar-refractivity contribution in [3.8, 4) is 0 Å². The van der Waals surface area contributed by atoms with Crippen LogP contribution in [0.3, 0.4) is 0 Å². The molecular weight excluding hydrogens is 258 g/mol. The minimum absolute atomic E-state index is 0.0885. The second-order valence-electron chi connectivity index (χ2n) is 4.29. The summed E-state index contributed by atoms with van der Waals surface area (Å²) in [5.74, 6) is 0.586. The monoisotopic (exact) mass is 271 g/mol. The maximum Gasteiger partial charge on any atom is 0.224 e. The molecule has 0 aliphatic carbocycles. The van der Waals surface area contributed by atoms with E-state index < -0.39 is 0 Å². The number of hydrogen-bond donors (Lipinski definition) is 1. The van der Waals surface area contributed by atoms with Gasteiger partial charge >= 0.3 is 0 Å². The Bertz CT molecular complexity index is 574. The molecule has 0 bridgehead atoms. The zero-order valence-electron chi connectivity index (χ0n) is 10.4. The van der Waals surface area contributed by atoms with E-state index >= 15 is 0 Å². The second kappa shape index (κ2) is 4.97. The van der Waals surface area contributed by atoms with Crippen LogP contribution in [-0.4, -0.2) is 26.7 Å². The lowest BCUT2D eigenvalue weighted by molar-refractivity contribution is 0.906. The van der Waals surface area contributed by atoms with Crippen molar-refractivity contribution < 1.29 is 0 Å². The highest BCUT2D eigenvalue weighted by Gasteiger charge is 2.35. The number of nitrogens with one attached hydrogen (secondary N) is 1. The molecule has 0 radical (unpaired) electrons. The number of pyridine rings is 1. The second-order valence-corrected chi connectivity index (χ2v) is 5.82. The Hall–Kier alpha value is -1.95. The molecule has 3 rings (SSSR count). The Labute approximate surface area is 115 Å². The fraction of sp³-hybridized carbons (Fsp3) is 0.231. The van der Waals surface area contributed by atoms with Crippen molar-refractivity contribution >= 4 is 23.9 Å². The molecule has 5 nitrogen and oxygen atoms in total. The molecule has 96 valence electrons. The predicted octanol–water partition coefficient (Wildman–Crippen LogP) is 2.30. The van der Waals surface area contributed by atoms with E-state index in [1.807, 2.05) is 24.4 Å². The first kappa shape index (κ1) is 12.1. The highest BCUT2D eigenvalue weighted by atomic mass is 32.2. The van der Waals surface area contributed by atoms with Gasteiger partial charge in [-0.1, -0.05) is 17.8 Å². The molecule has 0 saturated carbocycles. The Morgan fingerprint density at radius 3 is 2.63 bits per heavy atom. The molecule has 0 saturated heterocycles. The molecule has 2 aromatic rings. The van der Waals surface area contributed by atoms with Crippen molar-refractivity contribution in [3.63, 3.8) is 0 Å². The quantitative estimate of drug-likeness (QED) is 0.928. The third-order valence-electron chi connectivity index (χ3n) is 2.80. The summed E-state index contributed by atoms with van der Waals surface area (Å²) in [6.45, 7) is 2.11. The molecule has 0 spiro atoms. The van der Waals surface area contributed by atoms with E-state index in [1.165, 1.54) is 0 Å². The molecule has 0 fully saturated rings. The van der Waals surface area contributed by atoms with Gasteiger partial charge in [0.2, 0.25) is 5.95 Å². The summed E-state index contributed by atoms with van der Waals surface area (Å²) >= 11 is 1.69. The van der Waals surface area contributed by atoms with Gasteiger partial charge in [0.25, 0.3) is 0 Å². The Morgan fingerprint density at radius 1 is 1.11 bits per heavy atom. The summed E-state index contributed by atoms with van der Waals surface area (Å²) in [6.07, 6.45) is 7.14. The minimum Gasteiger partial charge on any atom is -0.324 e. The van der Waals surface area contributed by atoms with E-state index in [4.69, 9.17) is 0 Å². The fourth-order valence-corrected chi connectivity index (χ4v) is 2.95. The van der Waals surface area contributed by atoms with Crippen LogP contribution in [0.5, 0.6) is 0 Å². The van der Waals surface area contributed by atoms with E-state index in [0.29, 0.717) is 5.95 Å². The van der Waals surface area contributed by atoms with Crippen LogP contribution in [0.25, 0.3) is 0 Å². The summed E-state index contributed by atoms with van der Waals surface area (Å²) < 4.78 is -0.215. The van der Waals surface area contributed by atoms with Crippen molar-refractivity contribution in [2.45, 2.75) is 17.2 Å². The van der Waals surface area contributed by atoms with Gasteiger partial charge in [-0.25, -0.2) is 9.97 Å². The molecule has 1 N–H and O–H groups in total. The van der Waals surface area contributed by atoms with E-state index in [-0.39, 0.29) is 10.2 Å². The topological polar surface area (TPSA) is 63.1 Å². The lowest BCUT2D eigenvalue weighted by Gasteiger charge is -2.20. The van der Waals surface area contributed by atoms with Crippen LogP contribution in [0.2, 0.25) is 0 Å². The molecule has 1 aliphatic heterocycles. The van der Waals surface area contributed by atoms with Crippen LogP contribution < -0.4 is 5.32 Å². The van der Waals surface area contributed by atoms with Crippen LogP contribution >= 0.6 is 11.8 Å². The number of rotatable bonds is 3. The molecule has 6 heteroatoms. The summed E-state index contributed by atoms with van der Waals surface area (Å²) in [5.41, 5.74) is 0.913. The summed E-state index contributed by atoms with van der Waals surface area (Å²) in [4.78, 5) is 17.1. The van der Waals surface area contributed by atoms with Crippen LogP contribution in [0.15, 0.2) is 47.8 Å². The molecule has 3 heterocycles. The zero-order chi connectivity index (χ0) is 13.1. The van der Waals surface area contributed by atoms with Gasteiger partial charge in [0.05, 0.1) is 10.4 Å². The number of aromatic nitrogens is 3. The average molecular weight is 271 g/mol. The van der Waals surface area contributed by atoms with Crippen molar-refractivity contribution in [3.05, 3.63) is 48.5 Å². The molecule has 19 heavy (non-hydrogen) atoms. The number of thioether (sulfide) groups is 1. The Kier molecular flexibility index (Phi) is 3.16. The molecule has 0 aromatic carbocycles. The highest BCUT2D eigenvalue weighted by Crippen LogP contribution is 2.41. The van der Waals surface area contributed by atoms with Gasteiger partial charge in [0, 0.05) is 24.8 Å². The van der Waals surface area contributed by atoms with Gasteiger partial charge in [0.1, 0.15) is 0 Å². The van der Waals surface area contributed by atoms with E-state index in [2.05, 4.69) is 32.2 Å². The number of hydrogen-bond acceptors (Lipinski definition) is 6. The van der Waals surface area contributed by atoms with Gasteiger partial charge in [-0.3, -0.25) is 9.98 Å². The van der Waals surface area contributed by atoms with Crippen LogP contribution in [0, 0.1) is 0 Å². The normalized spacial score (nSPS) is 25.4. The largest absolute Gasteiger partial charge is 0.324 e. The van der Waals surface area contributed by atoms with E-state index in [9.17, 15) is 0 Å². The first-order valence-corrected chi connectivity index (χ1v) is 6.81. The third kappa shape index (κ3) is 2.58. The Morgan fingerprint density at radius 2 is 1.89 bits per heavy atom. The number of anilines is 1. The molecular formula is C13H13N5S. The van der Waals surface area contributed by atoms with Gasteiger partial charge < -0.3 is 5.32 Å². The molecule has 2 atom stereocenters. The smallest absolute Gasteiger partial charge is 0.224 e.